The zero-order valence-corrected chi connectivity index (χ0v) is 12.6. The van der Waals surface area contributed by atoms with E-state index in [2.05, 4.69) is 10.3 Å². The number of nitrogens with one attached hydrogen (secondary N) is 1. The highest BCUT2D eigenvalue weighted by molar-refractivity contribution is 6.33. The van der Waals surface area contributed by atoms with Crippen molar-refractivity contribution in [3.63, 3.8) is 0 Å². The van der Waals surface area contributed by atoms with Crippen LogP contribution in [0.15, 0.2) is 48.5 Å². The molecule has 0 saturated heterocycles. The SMILES string of the molecule is O=C(NCc1ccc(F)cc1)c1cc2ccc(F)cc2nc1Cl. The van der Waals surface area contributed by atoms with Crippen LogP contribution < -0.4 is 5.32 Å². The number of benzene rings is 2. The molecule has 23 heavy (non-hydrogen) atoms. The molecule has 0 bridgehead atoms. The van der Waals surface area contributed by atoms with E-state index < -0.39 is 11.7 Å². The van der Waals surface area contributed by atoms with Crippen LogP contribution in [-0.2, 0) is 6.54 Å². The van der Waals surface area contributed by atoms with Crippen molar-refractivity contribution in [1.29, 1.82) is 0 Å². The number of amides is 1. The molecule has 1 heterocycles. The number of rotatable bonds is 3. The van der Waals surface area contributed by atoms with Gasteiger partial charge in [-0.05, 0) is 35.9 Å². The number of nitrogens with zero attached hydrogens (tertiary/aromatic N) is 1. The molecule has 0 saturated carbocycles. The first-order valence-electron chi connectivity index (χ1n) is 6.81. The van der Waals surface area contributed by atoms with E-state index in [1.54, 1.807) is 18.2 Å². The van der Waals surface area contributed by atoms with Crippen LogP contribution in [0.3, 0.4) is 0 Å². The van der Waals surface area contributed by atoms with Crippen molar-refractivity contribution in [1.82, 2.24) is 10.3 Å². The maximum Gasteiger partial charge on any atom is 0.254 e. The van der Waals surface area contributed by atoms with Gasteiger partial charge < -0.3 is 5.32 Å². The smallest absolute Gasteiger partial charge is 0.254 e. The Bertz CT molecular complexity index is 882. The van der Waals surface area contributed by atoms with E-state index in [0.717, 1.165) is 5.56 Å². The molecule has 0 aliphatic carbocycles. The highest BCUT2D eigenvalue weighted by Crippen LogP contribution is 2.21. The van der Waals surface area contributed by atoms with Gasteiger partial charge in [-0.1, -0.05) is 23.7 Å². The zero-order valence-electron chi connectivity index (χ0n) is 11.8. The third-order valence-corrected chi connectivity index (χ3v) is 3.63. The first kappa shape index (κ1) is 15.4. The van der Waals surface area contributed by atoms with Crippen LogP contribution in [-0.4, -0.2) is 10.9 Å². The summed E-state index contributed by atoms with van der Waals surface area (Å²) in [6.07, 6.45) is 0. The number of carbonyl (C=O) groups is 1. The summed E-state index contributed by atoms with van der Waals surface area (Å²) in [7, 11) is 0. The van der Waals surface area contributed by atoms with E-state index in [4.69, 9.17) is 11.6 Å². The third-order valence-electron chi connectivity index (χ3n) is 3.34. The van der Waals surface area contributed by atoms with Crippen molar-refractivity contribution in [3.8, 4) is 0 Å². The van der Waals surface area contributed by atoms with E-state index in [1.807, 2.05) is 0 Å². The molecular weight excluding hydrogens is 322 g/mol. The lowest BCUT2D eigenvalue weighted by Gasteiger charge is -2.08. The maximum atomic E-state index is 13.2. The zero-order chi connectivity index (χ0) is 16.4. The van der Waals surface area contributed by atoms with Gasteiger partial charge in [-0.15, -0.1) is 0 Å². The number of fused-ring (bicyclic) bond motifs is 1. The van der Waals surface area contributed by atoms with Crippen LogP contribution in [0, 0.1) is 11.6 Å². The van der Waals surface area contributed by atoms with E-state index in [1.165, 1.54) is 30.3 Å². The molecular formula is C17H11ClF2N2O. The van der Waals surface area contributed by atoms with Crippen LogP contribution in [0.2, 0.25) is 5.15 Å². The standard InChI is InChI=1S/C17H11ClF2N2O/c18-16-14(7-11-3-6-13(20)8-15(11)22-16)17(23)21-9-10-1-4-12(19)5-2-10/h1-8H,9H2,(H,21,23). The minimum absolute atomic E-state index is 0.000272. The van der Waals surface area contributed by atoms with Crippen LogP contribution in [0.1, 0.15) is 15.9 Å². The second-order valence-corrected chi connectivity index (χ2v) is 5.33. The second kappa shape index (κ2) is 6.30. The molecule has 0 aliphatic rings. The van der Waals surface area contributed by atoms with E-state index in [0.29, 0.717) is 10.9 Å². The van der Waals surface area contributed by atoms with Crippen LogP contribution >= 0.6 is 11.6 Å². The van der Waals surface area contributed by atoms with Gasteiger partial charge in [0.25, 0.3) is 5.91 Å². The van der Waals surface area contributed by atoms with Gasteiger partial charge in [0.1, 0.15) is 16.8 Å². The average Bonchev–Trinajstić information content (AvgIpc) is 2.53. The highest BCUT2D eigenvalue weighted by Gasteiger charge is 2.13. The molecule has 3 aromatic rings. The van der Waals surface area contributed by atoms with Gasteiger partial charge in [0.05, 0.1) is 11.1 Å². The summed E-state index contributed by atoms with van der Waals surface area (Å²) in [5, 5.41) is 3.31. The lowest BCUT2D eigenvalue weighted by atomic mass is 10.1. The van der Waals surface area contributed by atoms with E-state index in [-0.39, 0.29) is 23.1 Å². The summed E-state index contributed by atoms with van der Waals surface area (Å²) in [5.41, 5.74) is 1.34. The van der Waals surface area contributed by atoms with Crippen molar-refractivity contribution >= 4 is 28.4 Å². The molecule has 1 N–H and O–H groups in total. The fourth-order valence-electron chi connectivity index (χ4n) is 2.16. The van der Waals surface area contributed by atoms with Crippen molar-refractivity contribution in [3.05, 3.63) is 76.4 Å². The Morgan fingerprint density at radius 2 is 1.74 bits per heavy atom. The topological polar surface area (TPSA) is 42.0 Å². The quantitative estimate of drug-likeness (QED) is 0.734. The monoisotopic (exact) mass is 332 g/mol. The minimum atomic E-state index is -0.422. The summed E-state index contributed by atoms with van der Waals surface area (Å²) in [6, 6.07) is 11.4. The number of aromatic nitrogens is 1. The number of halogens is 3. The minimum Gasteiger partial charge on any atom is -0.348 e. The van der Waals surface area contributed by atoms with Gasteiger partial charge >= 0.3 is 0 Å². The Kier molecular flexibility index (Phi) is 4.21. The number of carbonyl (C=O) groups excluding carboxylic acids is 1. The van der Waals surface area contributed by atoms with Crippen LogP contribution in [0.4, 0.5) is 8.78 Å². The van der Waals surface area contributed by atoms with Crippen molar-refractivity contribution in [2.75, 3.05) is 0 Å². The largest absolute Gasteiger partial charge is 0.348 e. The van der Waals surface area contributed by atoms with Gasteiger partial charge in [-0.2, -0.15) is 0 Å². The summed E-state index contributed by atoms with van der Waals surface area (Å²) in [6.45, 7) is 0.233. The van der Waals surface area contributed by atoms with Gasteiger partial charge in [0, 0.05) is 18.0 Å². The molecule has 0 aliphatic heterocycles. The van der Waals surface area contributed by atoms with Gasteiger partial charge in [-0.25, -0.2) is 13.8 Å². The third kappa shape index (κ3) is 3.46. The fraction of sp³-hybridized carbons (Fsp3) is 0.0588. The molecule has 2 aromatic carbocycles. The molecule has 3 nitrogen and oxygen atoms in total. The molecule has 1 aromatic heterocycles. The molecule has 0 atom stereocenters. The summed E-state index contributed by atoms with van der Waals surface area (Å²) in [4.78, 5) is 16.3. The van der Waals surface area contributed by atoms with Crippen LogP contribution in [0.5, 0.6) is 0 Å². The Morgan fingerprint density at radius 3 is 2.48 bits per heavy atom. The maximum absolute atomic E-state index is 13.2. The lowest BCUT2D eigenvalue weighted by Crippen LogP contribution is -2.23. The summed E-state index contributed by atoms with van der Waals surface area (Å²) >= 11 is 6.01. The predicted octanol–water partition coefficient (Wildman–Crippen LogP) is 4.10. The first-order chi connectivity index (χ1) is 11.0. The van der Waals surface area contributed by atoms with Gasteiger partial charge in [0.15, 0.2) is 0 Å². The van der Waals surface area contributed by atoms with E-state index in [9.17, 15) is 13.6 Å². The Hall–Kier alpha value is -2.53. The number of hydrogen-bond acceptors (Lipinski definition) is 2. The highest BCUT2D eigenvalue weighted by atomic mass is 35.5. The molecule has 6 heteroatoms. The molecule has 0 radical (unpaired) electrons. The average molecular weight is 333 g/mol. The van der Waals surface area contributed by atoms with Crippen molar-refractivity contribution < 1.29 is 13.6 Å². The van der Waals surface area contributed by atoms with Crippen molar-refractivity contribution in [2.45, 2.75) is 6.54 Å². The Balaban J connectivity index is 1.81. The first-order valence-corrected chi connectivity index (χ1v) is 7.19. The molecule has 116 valence electrons. The summed E-state index contributed by atoms with van der Waals surface area (Å²) < 4.78 is 26.0. The van der Waals surface area contributed by atoms with E-state index >= 15 is 0 Å². The molecule has 1 amide bonds. The molecule has 0 spiro atoms. The lowest BCUT2D eigenvalue weighted by molar-refractivity contribution is 0.0951. The molecule has 0 fully saturated rings. The summed E-state index contributed by atoms with van der Waals surface area (Å²) in [5.74, 6) is -1.17. The van der Waals surface area contributed by atoms with Crippen molar-refractivity contribution in [2.24, 2.45) is 0 Å². The number of hydrogen-bond donors (Lipinski definition) is 1. The second-order valence-electron chi connectivity index (χ2n) is 4.97. The van der Waals surface area contributed by atoms with Gasteiger partial charge in [0.2, 0.25) is 0 Å². The Labute approximate surface area is 135 Å². The molecule has 0 unspecified atom stereocenters. The Morgan fingerprint density at radius 1 is 1.04 bits per heavy atom. The van der Waals surface area contributed by atoms with Crippen LogP contribution in [0.25, 0.3) is 10.9 Å². The fourth-order valence-corrected chi connectivity index (χ4v) is 2.39. The predicted molar refractivity (Wildman–Crippen MR) is 84.3 cm³/mol. The number of pyridine rings is 1. The van der Waals surface area contributed by atoms with Gasteiger partial charge in [-0.3, -0.25) is 4.79 Å². The normalized spacial score (nSPS) is 10.7. The molecule has 3 rings (SSSR count).